The van der Waals surface area contributed by atoms with Gasteiger partial charge in [0.05, 0.1) is 29.7 Å². The first-order chi connectivity index (χ1) is 19.6. The Morgan fingerprint density at radius 1 is 0.951 bits per heavy atom. The van der Waals surface area contributed by atoms with E-state index >= 15 is 0 Å². The van der Waals surface area contributed by atoms with Gasteiger partial charge in [0.1, 0.15) is 11.3 Å². The first-order valence-corrected chi connectivity index (χ1v) is 16.6. The topological polar surface area (TPSA) is 69.2 Å². The van der Waals surface area contributed by atoms with Crippen LogP contribution in [0.25, 0.3) is 10.9 Å². The number of ether oxygens (including phenoxy) is 1. The Hall–Kier alpha value is -2.62. The molecule has 3 aliphatic rings. The molecule has 41 heavy (non-hydrogen) atoms. The van der Waals surface area contributed by atoms with E-state index in [9.17, 15) is 4.39 Å². The van der Waals surface area contributed by atoms with E-state index in [2.05, 4.69) is 102 Å². The van der Waals surface area contributed by atoms with Crippen molar-refractivity contribution >= 4 is 58.6 Å². The van der Waals surface area contributed by atoms with Crippen LogP contribution < -0.4 is 15.7 Å². The summed E-state index contributed by atoms with van der Waals surface area (Å²) >= 11 is 12.1. The molecule has 0 unspecified atom stereocenters. The molecule has 0 radical (unpaired) electrons. The largest absolute Gasteiger partial charge is 0.404 e. The van der Waals surface area contributed by atoms with Gasteiger partial charge in [-0.3, -0.25) is 0 Å². The Bertz CT molecular complexity index is 1510. The zero-order valence-electron chi connectivity index (χ0n) is 23.4. The van der Waals surface area contributed by atoms with Crippen LogP contribution in [0, 0.1) is 5.82 Å². The second-order valence-electron chi connectivity index (χ2n) is 12.3. The lowest BCUT2D eigenvalue weighted by atomic mass is 9.71. The number of hydrogen-bond acceptors (Lipinski definition) is 6. The molecule has 1 aliphatic carbocycles. The van der Waals surface area contributed by atoms with Gasteiger partial charge in [0.2, 0.25) is 5.28 Å². The molecular weight excluding hydrogens is 578 g/mol. The molecule has 0 amide bonds. The van der Waals surface area contributed by atoms with Gasteiger partial charge in [0, 0.05) is 6.20 Å². The van der Waals surface area contributed by atoms with E-state index < -0.39 is 14.1 Å². The molecule has 2 aliphatic heterocycles. The van der Waals surface area contributed by atoms with Crippen LogP contribution in [-0.4, -0.2) is 47.6 Å². The van der Waals surface area contributed by atoms with Gasteiger partial charge in [-0.05, 0) is 52.7 Å². The summed E-state index contributed by atoms with van der Waals surface area (Å²) in [5.41, 5.74) is -0.687. The van der Waals surface area contributed by atoms with Crippen LogP contribution in [-0.2, 0) is 9.16 Å². The molecule has 6 nitrogen and oxygen atoms in total. The molecule has 0 spiro atoms. The van der Waals surface area contributed by atoms with Crippen molar-refractivity contribution in [3.8, 4) is 0 Å². The Morgan fingerprint density at radius 2 is 1.56 bits per heavy atom. The van der Waals surface area contributed by atoms with Crippen LogP contribution in [0.2, 0.25) is 15.5 Å². The lowest BCUT2D eigenvalue weighted by Gasteiger charge is -2.54. The van der Waals surface area contributed by atoms with E-state index in [1.54, 1.807) is 0 Å². The summed E-state index contributed by atoms with van der Waals surface area (Å²) in [5, 5.41) is 6.06. The van der Waals surface area contributed by atoms with Crippen molar-refractivity contribution in [2.45, 2.75) is 62.6 Å². The Morgan fingerprint density at radius 3 is 2.10 bits per heavy atom. The van der Waals surface area contributed by atoms with Crippen molar-refractivity contribution in [2.75, 3.05) is 18.5 Å². The number of rotatable bonds is 7. The van der Waals surface area contributed by atoms with Gasteiger partial charge in [-0.1, -0.05) is 93.0 Å². The van der Waals surface area contributed by atoms with Gasteiger partial charge < -0.3 is 14.5 Å². The highest BCUT2D eigenvalue weighted by atomic mass is 35.5. The van der Waals surface area contributed by atoms with Crippen LogP contribution >= 0.6 is 23.2 Å². The third-order valence-electron chi connectivity index (χ3n) is 8.74. The molecule has 10 heteroatoms. The van der Waals surface area contributed by atoms with Gasteiger partial charge >= 0.3 is 0 Å². The molecule has 214 valence electrons. The fraction of sp³-hybridized carbons (Fsp3) is 0.387. The van der Waals surface area contributed by atoms with Crippen molar-refractivity contribution in [1.82, 2.24) is 15.0 Å². The Balaban J connectivity index is 1.26. The number of nitrogens with one attached hydrogen (secondary N) is 1. The quantitative estimate of drug-likeness (QED) is 0.145. The number of halogens is 3. The van der Waals surface area contributed by atoms with Gasteiger partial charge in [-0.25, -0.2) is 19.3 Å². The molecule has 4 aromatic rings. The van der Waals surface area contributed by atoms with Crippen molar-refractivity contribution in [1.29, 1.82) is 0 Å². The number of hydrogen-bond donors (Lipinski definition) is 1. The predicted octanol–water partition coefficient (Wildman–Crippen LogP) is 6.54. The maximum atomic E-state index is 14.7. The van der Waals surface area contributed by atoms with Gasteiger partial charge in [0.25, 0.3) is 8.32 Å². The summed E-state index contributed by atoms with van der Waals surface area (Å²) in [4.78, 5) is 12.4. The lowest BCUT2D eigenvalue weighted by Crippen LogP contribution is -2.69. The highest BCUT2D eigenvalue weighted by Crippen LogP contribution is 2.47. The van der Waals surface area contributed by atoms with E-state index in [4.69, 9.17) is 32.4 Å². The number of anilines is 1. The minimum Gasteiger partial charge on any atom is -0.404 e. The lowest BCUT2D eigenvalue weighted by molar-refractivity contribution is -0.164. The molecule has 2 aromatic heterocycles. The molecule has 7 rings (SSSR count). The van der Waals surface area contributed by atoms with Crippen LogP contribution in [0.3, 0.4) is 0 Å². The van der Waals surface area contributed by atoms with Gasteiger partial charge in [0.15, 0.2) is 11.0 Å². The molecule has 3 fully saturated rings. The average molecular weight is 612 g/mol. The molecule has 2 saturated heterocycles. The minimum absolute atomic E-state index is 0.0458. The van der Waals surface area contributed by atoms with E-state index in [1.165, 1.54) is 16.6 Å². The normalized spacial score (nSPS) is 22.7. The van der Waals surface area contributed by atoms with E-state index in [-0.39, 0.29) is 32.1 Å². The van der Waals surface area contributed by atoms with Gasteiger partial charge in [-0.15, -0.1) is 0 Å². The highest BCUT2D eigenvalue weighted by Gasteiger charge is 2.55. The molecule has 2 aromatic carbocycles. The summed E-state index contributed by atoms with van der Waals surface area (Å²) in [7, 11) is -2.69. The van der Waals surface area contributed by atoms with E-state index in [0.29, 0.717) is 24.4 Å². The maximum Gasteiger partial charge on any atom is 0.261 e. The Labute approximate surface area is 250 Å². The maximum absolute atomic E-state index is 14.7. The first-order valence-electron chi connectivity index (χ1n) is 13.9. The van der Waals surface area contributed by atoms with Crippen LogP contribution in [0.15, 0.2) is 66.9 Å². The van der Waals surface area contributed by atoms with Crippen molar-refractivity contribution in [3.63, 3.8) is 0 Å². The van der Waals surface area contributed by atoms with Crippen molar-refractivity contribution < 1.29 is 13.6 Å². The predicted molar refractivity (Wildman–Crippen MR) is 164 cm³/mol. The molecular formula is C31H33Cl2FN4O2Si. The second-order valence-corrected chi connectivity index (χ2v) is 17.3. The SMILES string of the molecule is CC(C)(C)[Si](OCC12CCC(Nc3nc(Cl)nc4c(F)c(Cl)ncc34)(CC1)CO2)(c1ccccc1)c1ccccc1. The number of aromatic nitrogens is 3. The number of fused-ring (bicyclic) bond motifs is 4. The minimum atomic E-state index is -2.69. The van der Waals surface area contributed by atoms with Crippen LogP contribution in [0.5, 0.6) is 0 Å². The molecule has 0 atom stereocenters. The van der Waals surface area contributed by atoms with Crippen molar-refractivity contribution in [3.05, 3.63) is 83.1 Å². The third-order valence-corrected chi connectivity index (χ3v) is 14.2. The summed E-state index contributed by atoms with van der Waals surface area (Å²) in [6.07, 6.45) is 4.83. The van der Waals surface area contributed by atoms with Crippen molar-refractivity contribution in [2.24, 2.45) is 0 Å². The molecule has 4 heterocycles. The van der Waals surface area contributed by atoms with E-state index in [1.807, 2.05) is 0 Å². The first kappa shape index (κ1) is 28.5. The summed E-state index contributed by atoms with van der Waals surface area (Å²) < 4.78 is 28.6. The number of nitrogens with zero attached hydrogens (tertiary/aromatic N) is 3. The molecule has 1 saturated carbocycles. The summed E-state index contributed by atoms with van der Waals surface area (Å²) in [6, 6.07) is 21.4. The smallest absolute Gasteiger partial charge is 0.261 e. The highest BCUT2D eigenvalue weighted by molar-refractivity contribution is 6.99. The van der Waals surface area contributed by atoms with Crippen LogP contribution in [0.4, 0.5) is 10.2 Å². The molecule has 2 bridgehead atoms. The van der Waals surface area contributed by atoms with E-state index in [0.717, 1.165) is 25.7 Å². The fourth-order valence-corrected chi connectivity index (χ4v) is 11.4. The monoisotopic (exact) mass is 610 g/mol. The average Bonchev–Trinajstić information content (AvgIpc) is 2.97. The summed E-state index contributed by atoms with van der Waals surface area (Å²) in [5.74, 6) is -0.276. The number of pyridine rings is 1. The van der Waals surface area contributed by atoms with Gasteiger partial charge in [-0.2, -0.15) is 0 Å². The number of benzene rings is 2. The third kappa shape index (κ3) is 5.04. The second kappa shape index (κ2) is 10.6. The Kier molecular flexibility index (Phi) is 7.35. The summed E-state index contributed by atoms with van der Waals surface area (Å²) in [6.45, 7) is 7.86. The zero-order chi connectivity index (χ0) is 28.9. The fourth-order valence-electron chi connectivity index (χ4n) is 6.47. The van der Waals surface area contributed by atoms with Crippen LogP contribution in [0.1, 0.15) is 46.5 Å². The zero-order valence-corrected chi connectivity index (χ0v) is 25.9. The standard InChI is InChI=1S/C31H33Cl2FN4O2Si/c1-29(2,3)41(21-10-6-4-7-11-21,22-12-8-5-9-13-22)40-20-31-16-14-30(15-17-31,19-39-31)38-27-23-18-35-26(32)24(34)25(23)36-28(33)37-27/h4-13,18H,14-17,19-20H2,1-3H3,(H,36,37,38). The molecule has 1 N–H and O–H groups in total.